The number of ether oxygens (including phenoxy) is 1. The number of likely N-dealkylation sites (tertiary alicyclic amines) is 1. The number of nitrogens with zero attached hydrogens (tertiary/aromatic N) is 2. The molecule has 4 unspecified atom stereocenters. The molecule has 3 heterocycles. The van der Waals surface area contributed by atoms with Gasteiger partial charge in [0.15, 0.2) is 0 Å². The highest BCUT2D eigenvalue weighted by Gasteiger charge is 2.52. The van der Waals surface area contributed by atoms with Gasteiger partial charge in [-0.25, -0.2) is 9.37 Å². The first-order chi connectivity index (χ1) is 16.1. The van der Waals surface area contributed by atoms with E-state index in [1.54, 1.807) is 6.20 Å². The van der Waals surface area contributed by atoms with Gasteiger partial charge in [-0.15, -0.1) is 0 Å². The molecule has 1 saturated carbocycles. The minimum Gasteiger partial charge on any atom is -0.389 e. The average Bonchev–Trinajstić information content (AvgIpc) is 3.54. The molecule has 3 aliphatic rings. The minimum absolute atomic E-state index is 0.145. The van der Waals surface area contributed by atoms with Gasteiger partial charge in [0.05, 0.1) is 24.9 Å². The van der Waals surface area contributed by atoms with E-state index in [0.29, 0.717) is 31.4 Å². The largest absolute Gasteiger partial charge is 0.389 e. The van der Waals surface area contributed by atoms with Gasteiger partial charge in [-0.1, -0.05) is 6.07 Å². The van der Waals surface area contributed by atoms with Crippen molar-refractivity contribution in [2.45, 2.75) is 70.2 Å². The van der Waals surface area contributed by atoms with Crippen LogP contribution in [0.5, 0.6) is 0 Å². The Bertz CT molecular complexity index is 1090. The van der Waals surface area contributed by atoms with Crippen LogP contribution in [0.25, 0.3) is 10.8 Å². The van der Waals surface area contributed by atoms with E-state index < -0.39 is 11.8 Å². The summed E-state index contributed by atoms with van der Waals surface area (Å²) >= 11 is 0. The number of aryl methyl sites for hydroxylation is 1. The first-order valence-electron chi connectivity index (χ1n) is 12.5. The van der Waals surface area contributed by atoms with Crippen LogP contribution >= 0.6 is 0 Å². The highest BCUT2D eigenvalue weighted by atomic mass is 19.1. The van der Waals surface area contributed by atoms with Crippen molar-refractivity contribution in [3.63, 3.8) is 0 Å². The third-order valence-corrected chi connectivity index (χ3v) is 8.41. The number of pyridine rings is 1. The van der Waals surface area contributed by atoms with Crippen molar-refractivity contribution in [2.75, 3.05) is 31.6 Å². The van der Waals surface area contributed by atoms with E-state index >= 15 is 0 Å². The number of fused-ring (bicyclic) bond motifs is 1. The fourth-order valence-corrected chi connectivity index (χ4v) is 5.95. The summed E-state index contributed by atoms with van der Waals surface area (Å²) in [5.41, 5.74) is 0.970. The standard InChI is InChI=1S/C27H36FN3O3/c1-16-9-19-13-29-24(30-25(33)21-12-22(21)26(2,3)28)11-18(19)10-20(16)17-5-7-31(8-6-17)27(4)15-34-14-23(27)32/h9-11,13,17,21-23,32H,5-8,12,14-15H2,1-4H3,(H,29,30,33). The van der Waals surface area contributed by atoms with Crippen LogP contribution < -0.4 is 5.32 Å². The molecule has 0 spiro atoms. The maximum atomic E-state index is 14.1. The van der Waals surface area contributed by atoms with Crippen LogP contribution in [-0.4, -0.2) is 64.5 Å². The first-order valence-corrected chi connectivity index (χ1v) is 12.5. The van der Waals surface area contributed by atoms with Gasteiger partial charge >= 0.3 is 0 Å². The fraction of sp³-hybridized carbons (Fsp3) is 0.630. The molecule has 3 fully saturated rings. The summed E-state index contributed by atoms with van der Waals surface area (Å²) in [7, 11) is 0. The number of carbonyl (C=O) groups is 1. The number of piperidine rings is 1. The van der Waals surface area contributed by atoms with Crippen molar-refractivity contribution in [3.05, 3.63) is 35.5 Å². The third kappa shape index (κ3) is 4.34. The van der Waals surface area contributed by atoms with E-state index in [4.69, 9.17) is 4.74 Å². The SMILES string of the molecule is Cc1cc2cnc(NC(=O)C3CC3C(C)(C)F)cc2cc1C1CCN(C2(C)COCC2O)CC1. The van der Waals surface area contributed by atoms with Gasteiger partial charge in [0.25, 0.3) is 0 Å². The van der Waals surface area contributed by atoms with Crippen molar-refractivity contribution < 1.29 is 19.0 Å². The first kappa shape index (κ1) is 23.6. The van der Waals surface area contributed by atoms with Crippen LogP contribution in [0.15, 0.2) is 24.4 Å². The molecule has 2 N–H and O–H groups in total. The van der Waals surface area contributed by atoms with Gasteiger partial charge < -0.3 is 15.2 Å². The van der Waals surface area contributed by atoms with Crippen LogP contribution in [0, 0.1) is 18.8 Å². The van der Waals surface area contributed by atoms with Crippen molar-refractivity contribution in [3.8, 4) is 0 Å². The molecule has 184 valence electrons. The van der Waals surface area contributed by atoms with Crippen molar-refractivity contribution in [1.82, 2.24) is 9.88 Å². The number of nitrogens with one attached hydrogen (secondary N) is 1. The normalized spacial score (nSPS) is 30.6. The number of halogens is 1. The molecule has 2 saturated heterocycles. The van der Waals surface area contributed by atoms with Crippen molar-refractivity contribution in [1.29, 1.82) is 0 Å². The van der Waals surface area contributed by atoms with E-state index in [0.717, 1.165) is 36.7 Å². The molecule has 1 aromatic heterocycles. The summed E-state index contributed by atoms with van der Waals surface area (Å²) < 4.78 is 19.7. The predicted octanol–water partition coefficient (Wildman–Crippen LogP) is 4.20. The molecule has 1 amide bonds. The smallest absolute Gasteiger partial charge is 0.229 e. The average molecular weight is 470 g/mol. The van der Waals surface area contributed by atoms with E-state index in [1.807, 2.05) is 6.07 Å². The van der Waals surface area contributed by atoms with Gasteiger partial charge in [0.2, 0.25) is 5.91 Å². The molecule has 2 aromatic rings. The van der Waals surface area contributed by atoms with Crippen LogP contribution in [-0.2, 0) is 9.53 Å². The topological polar surface area (TPSA) is 74.7 Å². The number of amides is 1. The Hall–Kier alpha value is -2.09. The molecule has 0 bridgehead atoms. The summed E-state index contributed by atoms with van der Waals surface area (Å²) in [6.07, 6.45) is 4.02. The maximum Gasteiger partial charge on any atom is 0.229 e. The van der Waals surface area contributed by atoms with Crippen molar-refractivity contribution >= 4 is 22.5 Å². The molecule has 0 radical (unpaired) electrons. The van der Waals surface area contributed by atoms with Gasteiger partial charge in [0.1, 0.15) is 11.5 Å². The number of rotatable bonds is 5. The number of hydrogen-bond donors (Lipinski definition) is 2. The molecule has 1 aromatic carbocycles. The Morgan fingerprint density at radius 1 is 1.26 bits per heavy atom. The number of carbonyl (C=O) groups excluding carboxylic acids is 1. The summed E-state index contributed by atoms with van der Waals surface area (Å²) in [4.78, 5) is 19.4. The third-order valence-electron chi connectivity index (χ3n) is 8.41. The van der Waals surface area contributed by atoms with E-state index in [2.05, 4.69) is 41.2 Å². The molecule has 4 atom stereocenters. The number of aliphatic hydroxyl groups excluding tert-OH is 1. The van der Waals surface area contributed by atoms with E-state index in [9.17, 15) is 14.3 Å². The van der Waals surface area contributed by atoms with Crippen LogP contribution in [0.1, 0.15) is 57.1 Å². The monoisotopic (exact) mass is 469 g/mol. The number of aliphatic hydroxyl groups is 1. The van der Waals surface area contributed by atoms with Crippen molar-refractivity contribution in [2.24, 2.45) is 11.8 Å². The number of anilines is 1. The Kier molecular flexibility index (Phi) is 5.94. The number of alkyl halides is 1. The molecule has 7 heteroatoms. The lowest BCUT2D eigenvalue weighted by Gasteiger charge is -2.44. The summed E-state index contributed by atoms with van der Waals surface area (Å²) in [5, 5.41) is 15.4. The lowest BCUT2D eigenvalue weighted by Crippen LogP contribution is -2.56. The molecular formula is C27H36FN3O3. The number of aromatic nitrogens is 1. The summed E-state index contributed by atoms with van der Waals surface area (Å²) in [6, 6.07) is 6.34. The Morgan fingerprint density at radius 3 is 2.62 bits per heavy atom. The van der Waals surface area contributed by atoms with Crippen LogP contribution in [0.2, 0.25) is 0 Å². The van der Waals surface area contributed by atoms with Gasteiger partial charge in [-0.3, -0.25) is 9.69 Å². The minimum atomic E-state index is -1.33. The zero-order valence-corrected chi connectivity index (χ0v) is 20.6. The zero-order valence-electron chi connectivity index (χ0n) is 20.6. The van der Waals surface area contributed by atoms with Gasteiger partial charge in [-0.05, 0) is 94.6 Å². The Balaban J connectivity index is 1.29. The zero-order chi connectivity index (χ0) is 24.3. The number of hydrogen-bond acceptors (Lipinski definition) is 5. The second-order valence-corrected chi connectivity index (χ2v) is 11.3. The quantitative estimate of drug-likeness (QED) is 0.687. The van der Waals surface area contributed by atoms with Crippen LogP contribution in [0.3, 0.4) is 0 Å². The lowest BCUT2D eigenvalue weighted by atomic mass is 9.83. The highest BCUT2D eigenvalue weighted by molar-refractivity contribution is 5.96. The second kappa shape index (κ2) is 8.54. The van der Waals surface area contributed by atoms with Gasteiger partial charge in [0, 0.05) is 23.4 Å². The summed E-state index contributed by atoms with van der Waals surface area (Å²) in [6.45, 7) is 10.2. The highest BCUT2D eigenvalue weighted by Crippen LogP contribution is 2.48. The second-order valence-electron chi connectivity index (χ2n) is 11.3. The molecule has 34 heavy (non-hydrogen) atoms. The molecule has 2 aliphatic heterocycles. The molecule has 5 rings (SSSR count). The Labute approximate surface area is 200 Å². The maximum absolute atomic E-state index is 14.1. The van der Waals surface area contributed by atoms with Crippen LogP contribution in [0.4, 0.5) is 10.2 Å². The Morgan fingerprint density at radius 2 is 2.00 bits per heavy atom. The lowest BCUT2D eigenvalue weighted by molar-refractivity contribution is -0.118. The summed E-state index contributed by atoms with van der Waals surface area (Å²) in [5.74, 6) is 0.338. The van der Waals surface area contributed by atoms with E-state index in [-0.39, 0.29) is 23.3 Å². The van der Waals surface area contributed by atoms with E-state index in [1.165, 1.54) is 25.0 Å². The molecular weight excluding hydrogens is 433 g/mol. The number of benzene rings is 1. The molecule has 1 aliphatic carbocycles. The molecule has 6 nitrogen and oxygen atoms in total. The van der Waals surface area contributed by atoms with Gasteiger partial charge in [-0.2, -0.15) is 0 Å². The fourth-order valence-electron chi connectivity index (χ4n) is 5.95. The predicted molar refractivity (Wildman–Crippen MR) is 131 cm³/mol.